The minimum Gasteiger partial charge on any atom is -0.341 e. The molecule has 0 fully saturated rings. The first-order valence-electron chi connectivity index (χ1n) is 10.3. The first-order chi connectivity index (χ1) is 13.3. The lowest BCUT2D eigenvalue weighted by Gasteiger charge is -2.30. The summed E-state index contributed by atoms with van der Waals surface area (Å²) in [5.41, 5.74) is 2.79. The number of aromatic nitrogens is 1. The second kappa shape index (κ2) is 9.76. The highest BCUT2D eigenvalue weighted by Gasteiger charge is 2.27. The van der Waals surface area contributed by atoms with Crippen molar-refractivity contribution in [1.29, 1.82) is 0 Å². The molecule has 28 heavy (non-hydrogen) atoms. The van der Waals surface area contributed by atoms with Crippen molar-refractivity contribution in [1.82, 2.24) is 10.1 Å². The highest BCUT2D eigenvalue weighted by molar-refractivity contribution is 5.78. The first kappa shape index (κ1) is 22.0. The molecule has 0 spiro atoms. The summed E-state index contributed by atoms with van der Waals surface area (Å²) in [6, 6.07) is 10.5. The third-order valence-corrected chi connectivity index (χ3v) is 5.26. The van der Waals surface area contributed by atoms with E-state index in [1.54, 1.807) is 0 Å². The van der Waals surface area contributed by atoms with Gasteiger partial charge < -0.3 is 14.3 Å². The lowest BCUT2D eigenvalue weighted by Crippen LogP contribution is -2.39. The quantitative estimate of drug-likeness (QED) is 0.583. The molecule has 1 aromatic heterocycles. The normalized spacial score (nSPS) is 12.5. The van der Waals surface area contributed by atoms with Crippen LogP contribution < -0.4 is 4.90 Å². The van der Waals surface area contributed by atoms with Crippen LogP contribution in [0.5, 0.6) is 0 Å². The van der Waals surface area contributed by atoms with Crippen LogP contribution in [0.1, 0.15) is 59.9 Å². The van der Waals surface area contributed by atoms with Crippen LogP contribution in [0.15, 0.2) is 34.9 Å². The average molecular weight is 386 g/mol. The van der Waals surface area contributed by atoms with Gasteiger partial charge in [0.25, 0.3) is 0 Å². The van der Waals surface area contributed by atoms with Crippen LogP contribution in [-0.4, -0.2) is 35.1 Å². The van der Waals surface area contributed by atoms with Gasteiger partial charge in [-0.25, -0.2) is 0 Å². The Morgan fingerprint density at radius 3 is 2.29 bits per heavy atom. The Balaban J connectivity index is 2.50. The Kier molecular flexibility index (Phi) is 7.67. The molecule has 0 bridgehead atoms. The minimum atomic E-state index is 0.155. The molecule has 1 aromatic carbocycles. The molecular formula is C23H35N3O2. The van der Waals surface area contributed by atoms with E-state index < -0.39 is 0 Å². The van der Waals surface area contributed by atoms with Crippen molar-refractivity contribution >= 4 is 11.8 Å². The van der Waals surface area contributed by atoms with Gasteiger partial charge in [-0.05, 0) is 33.1 Å². The molecule has 1 unspecified atom stereocenters. The molecule has 0 aliphatic heterocycles. The fraction of sp³-hybridized carbons (Fsp3) is 0.565. The lowest BCUT2D eigenvalue weighted by molar-refractivity contribution is -0.134. The predicted molar refractivity (Wildman–Crippen MR) is 115 cm³/mol. The SMILES string of the molecule is CCC(C)N(Cc1c(-c2ccccc2)noc1N(C)C(C)C)C(=O)CC(C)C. The van der Waals surface area contributed by atoms with Gasteiger partial charge in [0.15, 0.2) is 0 Å². The van der Waals surface area contributed by atoms with Gasteiger partial charge in [-0.2, -0.15) is 0 Å². The van der Waals surface area contributed by atoms with Crippen molar-refractivity contribution in [2.75, 3.05) is 11.9 Å². The van der Waals surface area contributed by atoms with Crippen molar-refractivity contribution in [3.63, 3.8) is 0 Å². The molecule has 1 heterocycles. The number of anilines is 1. The summed E-state index contributed by atoms with van der Waals surface area (Å²) in [5, 5.41) is 4.39. The van der Waals surface area contributed by atoms with Gasteiger partial charge >= 0.3 is 0 Å². The summed E-state index contributed by atoms with van der Waals surface area (Å²) in [7, 11) is 2.01. The maximum atomic E-state index is 13.0. The zero-order valence-electron chi connectivity index (χ0n) is 18.4. The Morgan fingerprint density at radius 1 is 1.11 bits per heavy atom. The Hall–Kier alpha value is -2.30. The molecule has 0 saturated heterocycles. The third-order valence-electron chi connectivity index (χ3n) is 5.26. The van der Waals surface area contributed by atoms with Crippen molar-refractivity contribution in [3.05, 3.63) is 35.9 Å². The van der Waals surface area contributed by atoms with Crippen molar-refractivity contribution in [2.24, 2.45) is 5.92 Å². The fourth-order valence-electron chi connectivity index (χ4n) is 3.12. The van der Waals surface area contributed by atoms with E-state index in [2.05, 4.69) is 51.6 Å². The van der Waals surface area contributed by atoms with Gasteiger partial charge in [0.05, 0.1) is 12.1 Å². The van der Waals surface area contributed by atoms with Crippen LogP contribution >= 0.6 is 0 Å². The summed E-state index contributed by atoms with van der Waals surface area (Å²) in [4.78, 5) is 17.1. The molecule has 1 atom stereocenters. The third kappa shape index (κ3) is 5.15. The maximum Gasteiger partial charge on any atom is 0.232 e. The van der Waals surface area contributed by atoms with Crippen molar-refractivity contribution in [3.8, 4) is 11.3 Å². The monoisotopic (exact) mass is 385 g/mol. The second-order valence-corrected chi connectivity index (χ2v) is 8.26. The van der Waals surface area contributed by atoms with Crippen LogP contribution in [0.4, 0.5) is 5.88 Å². The molecule has 5 heteroatoms. The van der Waals surface area contributed by atoms with E-state index in [9.17, 15) is 4.79 Å². The number of benzene rings is 1. The van der Waals surface area contributed by atoms with E-state index in [1.807, 2.05) is 42.3 Å². The van der Waals surface area contributed by atoms with Gasteiger partial charge in [-0.1, -0.05) is 56.3 Å². The summed E-state index contributed by atoms with van der Waals surface area (Å²) >= 11 is 0. The van der Waals surface area contributed by atoms with E-state index in [0.717, 1.165) is 29.1 Å². The smallest absolute Gasteiger partial charge is 0.232 e. The van der Waals surface area contributed by atoms with Crippen molar-refractivity contribution < 1.29 is 9.32 Å². The number of carbonyl (C=O) groups excluding carboxylic acids is 1. The molecule has 0 aliphatic carbocycles. The van der Waals surface area contributed by atoms with Crippen LogP contribution in [-0.2, 0) is 11.3 Å². The number of hydrogen-bond donors (Lipinski definition) is 0. The summed E-state index contributed by atoms with van der Waals surface area (Å²) in [6.07, 6.45) is 1.46. The molecule has 0 aliphatic rings. The molecule has 0 N–H and O–H groups in total. The number of amides is 1. The maximum absolute atomic E-state index is 13.0. The highest BCUT2D eigenvalue weighted by Crippen LogP contribution is 2.33. The van der Waals surface area contributed by atoms with E-state index in [4.69, 9.17) is 4.52 Å². The summed E-state index contributed by atoms with van der Waals surface area (Å²) in [6.45, 7) is 13.1. The van der Waals surface area contributed by atoms with Crippen LogP contribution in [0.2, 0.25) is 0 Å². The van der Waals surface area contributed by atoms with E-state index >= 15 is 0 Å². The Bertz CT molecular complexity index is 752. The van der Waals surface area contributed by atoms with E-state index in [0.29, 0.717) is 18.9 Å². The van der Waals surface area contributed by atoms with Crippen molar-refractivity contribution in [2.45, 2.75) is 73.0 Å². The molecule has 0 saturated carbocycles. The average Bonchev–Trinajstić information content (AvgIpc) is 3.08. The number of nitrogens with zero attached hydrogens (tertiary/aromatic N) is 3. The number of hydrogen-bond acceptors (Lipinski definition) is 4. The highest BCUT2D eigenvalue weighted by atomic mass is 16.5. The summed E-state index contributed by atoms with van der Waals surface area (Å²) in [5.74, 6) is 1.25. The van der Waals surface area contributed by atoms with Crippen LogP contribution in [0, 0.1) is 5.92 Å². The summed E-state index contributed by atoms with van der Waals surface area (Å²) < 4.78 is 5.79. The van der Waals surface area contributed by atoms with Crippen LogP contribution in [0.25, 0.3) is 11.3 Å². The second-order valence-electron chi connectivity index (χ2n) is 8.26. The number of carbonyl (C=O) groups is 1. The fourth-order valence-corrected chi connectivity index (χ4v) is 3.12. The first-order valence-corrected chi connectivity index (χ1v) is 10.3. The van der Waals surface area contributed by atoms with Gasteiger partial charge in [-0.15, -0.1) is 0 Å². The number of rotatable bonds is 9. The van der Waals surface area contributed by atoms with Gasteiger partial charge in [0, 0.05) is 31.1 Å². The largest absolute Gasteiger partial charge is 0.341 e. The zero-order chi connectivity index (χ0) is 20.8. The molecule has 0 radical (unpaired) electrons. The van der Waals surface area contributed by atoms with Gasteiger partial charge in [0.2, 0.25) is 11.8 Å². The Labute approximate surface area is 169 Å². The topological polar surface area (TPSA) is 49.6 Å². The zero-order valence-corrected chi connectivity index (χ0v) is 18.4. The molecule has 1 amide bonds. The van der Waals surface area contributed by atoms with Crippen LogP contribution in [0.3, 0.4) is 0 Å². The van der Waals surface area contributed by atoms with Gasteiger partial charge in [-0.3, -0.25) is 4.79 Å². The molecule has 154 valence electrons. The Morgan fingerprint density at radius 2 is 1.75 bits per heavy atom. The molecule has 2 aromatic rings. The standard InChI is InChI=1S/C23H35N3O2/c1-8-18(6)26(21(27)14-16(2)3)15-20-22(19-12-10-9-11-13-19)24-28-23(20)25(7)17(4)5/h9-13,16-18H,8,14-15H2,1-7H3. The van der Waals surface area contributed by atoms with E-state index in [1.165, 1.54) is 0 Å². The molecular weight excluding hydrogens is 350 g/mol. The minimum absolute atomic E-state index is 0.155. The molecule has 5 nitrogen and oxygen atoms in total. The molecule has 2 rings (SSSR count). The lowest BCUT2D eigenvalue weighted by atomic mass is 10.0. The predicted octanol–water partition coefficient (Wildman–Crippen LogP) is 5.36. The van der Waals surface area contributed by atoms with E-state index in [-0.39, 0.29) is 18.0 Å². The van der Waals surface area contributed by atoms with Gasteiger partial charge in [0.1, 0.15) is 5.69 Å².